The van der Waals surface area contributed by atoms with E-state index in [1.165, 1.54) is 8.97 Å². The Morgan fingerprint density at radius 2 is 1.72 bits per heavy atom. The molecule has 0 aliphatic carbocycles. The second-order valence-corrected chi connectivity index (χ2v) is 7.06. The van der Waals surface area contributed by atoms with Gasteiger partial charge in [0.15, 0.2) is 5.65 Å². The largest absolute Gasteiger partial charge is 0.378 e. The first-order valence-electron chi connectivity index (χ1n) is 9.64. The van der Waals surface area contributed by atoms with Crippen molar-refractivity contribution in [2.24, 2.45) is 0 Å². The molecule has 1 fully saturated rings. The van der Waals surface area contributed by atoms with Crippen LogP contribution in [0.15, 0.2) is 65.6 Å². The molecule has 1 saturated heterocycles. The van der Waals surface area contributed by atoms with Gasteiger partial charge in [-0.15, -0.1) is 0 Å². The highest BCUT2D eigenvalue weighted by molar-refractivity contribution is 5.93. The van der Waals surface area contributed by atoms with Gasteiger partial charge in [-0.05, 0) is 12.1 Å². The molecule has 7 nitrogen and oxygen atoms in total. The lowest BCUT2D eigenvalue weighted by molar-refractivity contribution is -0.135. The zero-order valence-corrected chi connectivity index (χ0v) is 15.8. The predicted octanol–water partition coefficient (Wildman–Crippen LogP) is 2.17. The van der Waals surface area contributed by atoms with E-state index in [9.17, 15) is 9.59 Å². The van der Waals surface area contributed by atoms with Crippen molar-refractivity contribution in [3.05, 3.63) is 71.3 Å². The molecule has 1 amide bonds. The van der Waals surface area contributed by atoms with Gasteiger partial charge >= 0.3 is 5.69 Å². The van der Waals surface area contributed by atoms with Crippen molar-refractivity contribution in [3.63, 3.8) is 0 Å². The van der Waals surface area contributed by atoms with E-state index in [-0.39, 0.29) is 18.1 Å². The average molecular weight is 388 g/mol. The fraction of sp³-hybridized carbons (Fsp3) is 0.227. The van der Waals surface area contributed by atoms with Crippen LogP contribution in [0.25, 0.3) is 27.8 Å². The van der Waals surface area contributed by atoms with Crippen LogP contribution in [0.1, 0.15) is 0 Å². The van der Waals surface area contributed by atoms with Crippen LogP contribution in [0.5, 0.6) is 0 Å². The third-order valence-corrected chi connectivity index (χ3v) is 5.31. The first-order chi connectivity index (χ1) is 14.2. The normalized spacial score (nSPS) is 14.6. The minimum Gasteiger partial charge on any atom is -0.378 e. The van der Waals surface area contributed by atoms with E-state index in [1.807, 2.05) is 54.6 Å². The van der Waals surface area contributed by atoms with Crippen molar-refractivity contribution in [1.29, 1.82) is 0 Å². The number of benzene rings is 2. The summed E-state index contributed by atoms with van der Waals surface area (Å²) in [6.07, 6.45) is 1.75. The first kappa shape index (κ1) is 17.6. The number of hydrogen-bond acceptors (Lipinski definition) is 4. The van der Waals surface area contributed by atoms with Crippen molar-refractivity contribution in [1.82, 2.24) is 18.9 Å². The van der Waals surface area contributed by atoms with Crippen LogP contribution in [0, 0.1) is 0 Å². The molecule has 0 N–H and O–H groups in total. The molecule has 7 heteroatoms. The maximum absolute atomic E-state index is 13.3. The molecule has 1 aliphatic heterocycles. The monoisotopic (exact) mass is 388 g/mol. The van der Waals surface area contributed by atoms with E-state index in [2.05, 4.69) is 0 Å². The van der Waals surface area contributed by atoms with Crippen LogP contribution in [-0.2, 0) is 16.1 Å². The summed E-state index contributed by atoms with van der Waals surface area (Å²) in [5.74, 6) is -0.0803. The minimum atomic E-state index is -0.269. The number of rotatable bonds is 3. The van der Waals surface area contributed by atoms with Gasteiger partial charge in [0.2, 0.25) is 5.91 Å². The maximum atomic E-state index is 13.3. The van der Waals surface area contributed by atoms with Crippen molar-refractivity contribution in [2.45, 2.75) is 6.54 Å². The fourth-order valence-electron chi connectivity index (χ4n) is 3.80. The Bertz CT molecular complexity index is 1250. The van der Waals surface area contributed by atoms with Crippen LogP contribution in [-0.4, -0.2) is 51.1 Å². The van der Waals surface area contributed by atoms with E-state index in [0.717, 1.165) is 16.6 Å². The van der Waals surface area contributed by atoms with Gasteiger partial charge in [-0.2, -0.15) is 0 Å². The van der Waals surface area contributed by atoms with E-state index in [0.29, 0.717) is 37.5 Å². The van der Waals surface area contributed by atoms with E-state index >= 15 is 0 Å². The number of carbonyl (C=O) groups excluding carboxylic acids is 1. The SMILES string of the molecule is O=C(Cn1c(=O)n2cc(-c3ccccc3)nc2c2ccccc21)N1CCOCC1. The molecule has 0 spiro atoms. The molecule has 1 aliphatic rings. The predicted molar refractivity (Wildman–Crippen MR) is 110 cm³/mol. The van der Waals surface area contributed by atoms with E-state index in [1.54, 1.807) is 11.1 Å². The summed E-state index contributed by atoms with van der Waals surface area (Å²) in [5, 5.41) is 0.837. The Kier molecular flexibility index (Phi) is 4.37. The highest BCUT2D eigenvalue weighted by Crippen LogP contribution is 2.23. The van der Waals surface area contributed by atoms with Crippen molar-refractivity contribution >= 4 is 22.5 Å². The number of fused-ring (bicyclic) bond motifs is 3. The molecule has 146 valence electrons. The first-order valence-corrected chi connectivity index (χ1v) is 9.64. The van der Waals surface area contributed by atoms with Crippen LogP contribution in [0.4, 0.5) is 0 Å². The zero-order chi connectivity index (χ0) is 19.8. The average Bonchev–Trinajstić information content (AvgIpc) is 3.24. The van der Waals surface area contributed by atoms with Gasteiger partial charge in [-0.1, -0.05) is 42.5 Å². The van der Waals surface area contributed by atoms with Crippen LogP contribution in [0.2, 0.25) is 0 Å². The Morgan fingerprint density at radius 1 is 1.00 bits per heavy atom. The number of nitrogens with zero attached hydrogens (tertiary/aromatic N) is 4. The van der Waals surface area contributed by atoms with Crippen LogP contribution >= 0.6 is 0 Å². The minimum absolute atomic E-state index is 0.00582. The maximum Gasteiger partial charge on any atom is 0.334 e. The van der Waals surface area contributed by atoms with Gasteiger partial charge in [0.25, 0.3) is 0 Å². The third kappa shape index (κ3) is 3.09. The second kappa shape index (κ2) is 7.18. The summed E-state index contributed by atoms with van der Waals surface area (Å²) in [7, 11) is 0. The Balaban J connectivity index is 1.66. The molecule has 2 aromatic carbocycles. The standard InChI is InChI=1S/C22H20N4O3/c27-20(24-10-12-29-13-11-24)15-25-19-9-5-4-8-17(19)21-23-18(14-26(21)22(25)28)16-6-2-1-3-7-16/h1-9,14H,10-13,15H2. The molecule has 0 saturated carbocycles. The molecule has 0 bridgehead atoms. The highest BCUT2D eigenvalue weighted by atomic mass is 16.5. The lowest BCUT2D eigenvalue weighted by Gasteiger charge is -2.27. The summed E-state index contributed by atoms with van der Waals surface area (Å²) in [6.45, 7) is 2.16. The molecule has 4 aromatic rings. The zero-order valence-electron chi connectivity index (χ0n) is 15.8. The number of carbonyl (C=O) groups is 1. The molecular weight excluding hydrogens is 368 g/mol. The van der Waals surface area contributed by atoms with Gasteiger partial charge in [-0.3, -0.25) is 13.8 Å². The second-order valence-electron chi connectivity index (χ2n) is 7.06. The Hall–Kier alpha value is -3.45. The summed E-state index contributed by atoms with van der Waals surface area (Å²) in [5.41, 5.74) is 2.70. The summed E-state index contributed by atoms with van der Waals surface area (Å²) in [6, 6.07) is 17.3. The highest BCUT2D eigenvalue weighted by Gasteiger charge is 2.20. The number of ether oxygens (including phenoxy) is 1. The number of amides is 1. The fourth-order valence-corrected chi connectivity index (χ4v) is 3.80. The smallest absolute Gasteiger partial charge is 0.334 e. The molecule has 0 atom stereocenters. The van der Waals surface area contributed by atoms with Crippen molar-refractivity contribution in [3.8, 4) is 11.3 Å². The third-order valence-electron chi connectivity index (χ3n) is 5.31. The van der Waals surface area contributed by atoms with Gasteiger partial charge in [-0.25, -0.2) is 9.78 Å². The van der Waals surface area contributed by atoms with Gasteiger partial charge < -0.3 is 9.64 Å². The van der Waals surface area contributed by atoms with Crippen molar-refractivity contribution in [2.75, 3.05) is 26.3 Å². The number of para-hydroxylation sites is 1. The summed E-state index contributed by atoms with van der Waals surface area (Å²) >= 11 is 0. The number of aromatic nitrogens is 3. The molecule has 5 rings (SSSR count). The summed E-state index contributed by atoms with van der Waals surface area (Å²) < 4.78 is 8.40. The van der Waals surface area contributed by atoms with E-state index < -0.39 is 0 Å². The summed E-state index contributed by atoms with van der Waals surface area (Å²) in [4.78, 5) is 32.6. The molecule has 0 unspecified atom stereocenters. The van der Waals surface area contributed by atoms with Gasteiger partial charge in [0.05, 0.1) is 24.4 Å². The lowest BCUT2D eigenvalue weighted by atomic mass is 10.2. The number of morpholine rings is 1. The van der Waals surface area contributed by atoms with Crippen LogP contribution < -0.4 is 5.69 Å². The molecule has 2 aromatic heterocycles. The molecule has 0 radical (unpaired) electrons. The molecule has 29 heavy (non-hydrogen) atoms. The van der Waals surface area contributed by atoms with Crippen molar-refractivity contribution < 1.29 is 9.53 Å². The number of imidazole rings is 1. The van der Waals surface area contributed by atoms with Gasteiger partial charge in [0, 0.05) is 30.2 Å². The number of hydrogen-bond donors (Lipinski definition) is 0. The van der Waals surface area contributed by atoms with Gasteiger partial charge in [0.1, 0.15) is 6.54 Å². The van der Waals surface area contributed by atoms with Crippen LogP contribution in [0.3, 0.4) is 0 Å². The quantitative estimate of drug-likeness (QED) is 0.539. The lowest BCUT2D eigenvalue weighted by Crippen LogP contribution is -2.44. The topological polar surface area (TPSA) is 68.8 Å². The van der Waals surface area contributed by atoms with E-state index in [4.69, 9.17) is 9.72 Å². The molecular formula is C22H20N4O3. The Morgan fingerprint density at radius 3 is 2.52 bits per heavy atom. The molecule has 3 heterocycles. The Labute approximate surface area is 166 Å².